The molecule has 2 heterocycles. The van der Waals surface area contributed by atoms with E-state index in [2.05, 4.69) is 22.6 Å². The summed E-state index contributed by atoms with van der Waals surface area (Å²) in [5, 5.41) is 0.725. The van der Waals surface area contributed by atoms with E-state index in [1.807, 2.05) is 25.3 Å². The maximum atomic E-state index is 13.7. The molecular weight excluding hydrogens is 368 g/mol. The fourth-order valence-electron chi connectivity index (χ4n) is 4.25. The maximum absolute atomic E-state index is 13.7. The van der Waals surface area contributed by atoms with Crippen LogP contribution in [-0.4, -0.2) is 24.0 Å². The van der Waals surface area contributed by atoms with Crippen LogP contribution in [0.4, 0.5) is 8.78 Å². The number of hydrogen-bond acceptors (Lipinski definition) is 1. The molecule has 0 radical (unpaired) electrons. The highest BCUT2D eigenvalue weighted by atomic mass is 35.5. The number of ether oxygens (including phenoxy) is 1. The summed E-state index contributed by atoms with van der Waals surface area (Å²) >= 11 is 6.44. The lowest BCUT2D eigenvalue weighted by atomic mass is 9.72. The Labute approximate surface area is 165 Å². The summed E-state index contributed by atoms with van der Waals surface area (Å²) in [6.45, 7) is 2.64. The lowest BCUT2D eigenvalue weighted by molar-refractivity contribution is -0.0768. The number of allylic oxidation sites excluding steroid dienone is 2. The van der Waals surface area contributed by atoms with Crippen LogP contribution in [-0.2, 0) is 17.6 Å². The highest BCUT2D eigenvalue weighted by molar-refractivity contribution is 6.34. The summed E-state index contributed by atoms with van der Waals surface area (Å²) in [5.41, 5.74) is 3.03. The highest BCUT2D eigenvalue weighted by Crippen LogP contribution is 2.46. The van der Waals surface area contributed by atoms with Crippen molar-refractivity contribution in [3.8, 4) is 0 Å². The molecule has 0 saturated heterocycles. The van der Waals surface area contributed by atoms with Crippen molar-refractivity contribution in [3.05, 3.63) is 52.8 Å². The van der Waals surface area contributed by atoms with E-state index in [0.29, 0.717) is 19.4 Å². The van der Waals surface area contributed by atoms with Crippen LogP contribution in [0.25, 0.3) is 5.52 Å². The Kier molecular flexibility index (Phi) is 6.27. The molecule has 0 aliphatic heterocycles. The van der Waals surface area contributed by atoms with Gasteiger partial charge in [-0.3, -0.25) is 0 Å². The van der Waals surface area contributed by atoms with E-state index < -0.39 is 5.92 Å². The second kappa shape index (κ2) is 8.32. The van der Waals surface area contributed by atoms with E-state index >= 15 is 0 Å². The summed E-state index contributed by atoms with van der Waals surface area (Å²) in [6.07, 6.45) is 9.94. The van der Waals surface area contributed by atoms with Crippen molar-refractivity contribution in [2.45, 2.75) is 57.8 Å². The van der Waals surface area contributed by atoms with Crippen LogP contribution in [0.5, 0.6) is 0 Å². The van der Waals surface area contributed by atoms with Crippen LogP contribution in [0.15, 0.2) is 36.5 Å². The molecule has 148 valence electrons. The van der Waals surface area contributed by atoms with E-state index in [1.165, 1.54) is 0 Å². The molecule has 1 saturated carbocycles. The minimum atomic E-state index is -2.51. The van der Waals surface area contributed by atoms with Gasteiger partial charge in [0.25, 0.3) is 0 Å². The van der Waals surface area contributed by atoms with Gasteiger partial charge in [-0.1, -0.05) is 30.7 Å². The minimum Gasteiger partial charge on any atom is -0.384 e. The summed E-state index contributed by atoms with van der Waals surface area (Å²) in [6, 6.07) is 6.01. The van der Waals surface area contributed by atoms with Gasteiger partial charge in [0.2, 0.25) is 5.92 Å². The average Bonchev–Trinajstić information content (AvgIpc) is 2.95. The highest BCUT2D eigenvalue weighted by Gasteiger charge is 2.42. The molecular formula is C22H28ClF2NO. The van der Waals surface area contributed by atoms with Crippen LogP contribution in [0.3, 0.4) is 0 Å². The summed E-state index contributed by atoms with van der Waals surface area (Å²) in [5.74, 6) is -2.51. The maximum Gasteiger partial charge on any atom is 0.248 e. The van der Waals surface area contributed by atoms with Gasteiger partial charge in [-0.25, -0.2) is 8.78 Å². The topological polar surface area (TPSA) is 13.6 Å². The van der Waals surface area contributed by atoms with Gasteiger partial charge in [0.1, 0.15) is 0 Å². The van der Waals surface area contributed by atoms with Gasteiger partial charge < -0.3 is 9.14 Å². The van der Waals surface area contributed by atoms with Crippen LogP contribution in [0.1, 0.15) is 50.3 Å². The number of aromatic nitrogens is 1. The molecule has 0 unspecified atom stereocenters. The predicted molar refractivity (Wildman–Crippen MR) is 107 cm³/mol. The van der Waals surface area contributed by atoms with Gasteiger partial charge in [-0.2, -0.15) is 0 Å². The van der Waals surface area contributed by atoms with E-state index in [9.17, 15) is 8.78 Å². The molecule has 2 aromatic heterocycles. The number of pyridine rings is 1. The van der Waals surface area contributed by atoms with Crippen molar-refractivity contribution in [2.75, 3.05) is 13.7 Å². The van der Waals surface area contributed by atoms with Crippen molar-refractivity contribution in [1.29, 1.82) is 0 Å². The van der Waals surface area contributed by atoms with Crippen LogP contribution >= 0.6 is 11.6 Å². The number of rotatable bonds is 7. The standard InChI is InChI=1S/C22H28ClF2NO/c1-21(11-6-12-22(24,25)16-21)10-4-3-7-17-15-18(9-14-27-2)26-13-5-8-19(23)20(17)26/h3-5,8,13,15H,6-7,9-12,14,16H2,1-2H3/b4-3+/t21-/m0/s1. The number of alkyl halides is 2. The second-order valence-electron chi connectivity index (χ2n) is 8.06. The molecule has 0 N–H and O–H groups in total. The van der Waals surface area contributed by atoms with Crippen molar-refractivity contribution < 1.29 is 13.5 Å². The Bertz CT molecular complexity index is 814. The molecule has 1 aliphatic carbocycles. The largest absolute Gasteiger partial charge is 0.384 e. The molecule has 1 atom stereocenters. The van der Waals surface area contributed by atoms with Crippen molar-refractivity contribution >= 4 is 17.1 Å². The van der Waals surface area contributed by atoms with Gasteiger partial charge in [-0.15, -0.1) is 0 Å². The molecule has 1 aliphatic rings. The first-order valence-corrected chi connectivity index (χ1v) is 10.0. The van der Waals surface area contributed by atoms with Crippen LogP contribution in [0, 0.1) is 5.41 Å². The van der Waals surface area contributed by atoms with Gasteiger partial charge in [0, 0.05) is 38.3 Å². The SMILES string of the molecule is COCCc1cc(C/C=C/C[C@@]2(C)CCCC(F)(F)C2)c2c(Cl)cccn12. The van der Waals surface area contributed by atoms with Crippen molar-refractivity contribution in [1.82, 2.24) is 4.40 Å². The zero-order valence-electron chi connectivity index (χ0n) is 16.1. The summed E-state index contributed by atoms with van der Waals surface area (Å²) in [4.78, 5) is 0. The third kappa shape index (κ3) is 4.91. The van der Waals surface area contributed by atoms with Gasteiger partial charge in [0.15, 0.2) is 0 Å². The molecule has 3 rings (SSSR count). The fraction of sp³-hybridized carbons (Fsp3) is 0.545. The van der Waals surface area contributed by atoms with Crippen LogP contribution in [0.2, 0.25) is 5.02 Å². The zero-order chi connectivity index (χ0) is 19.5. The molecule has 0 spiro atoms. The van der Waals surface area contributed by atoms with E-state index in [1.54, 1.807) is 7.11 Å². The van der Waals surface area contributed by atoms with Gasteiger partial charge >= 0.3 is 0 Å². The first kappa shape index (κ1) is 20.3. The van der Waals surface area contributed by atoms with Gasteiger partial charge in [0.05, 0.1) is 17.1 Å². The molecule has 0 aromatic carbocycles. The minimum absolute atomic E-state index is 0.00745. The fourth-order valence-corrected chi connectivity index (χ4v) is 4.54. The number of hydrogen-bond donors (Lipinski definition) is 0. The van der Waals surface area contributed by atoms with Gasteiger partial charge in [-0.05, 0) is 54.9 Å². The Balaban J connectivity index is 1.72. The second-order valence-corrected chi connectivity index (χ2v) is 8.46. The molecule has 5 heteroatoms. The summed E-state index contributed by atoms with van der Waals surface area (Å²) in [7, 11) is 1.70. The van der Waals surface area contributed by atoms with Crippen LogP contribution < -0.4 is 0 Å². The Morgan fingerprint density at radius 2 is 2.11 bits per heavy atom. The lowest BCUT2D eigenvalue weighted by Crippen LogP contribution is -2.33. The number of nitrogens with zero attached hydrogens (tertiary/aromatic N) is 1. The Morgan fingerprint density at radius 1 is 1.30 bits per heavy atom. The van der Waals surface area contributed by atoms with E-state index in [4.69, 9.17) is 16.3 Å². The Hall–Kier alpha value is -1.39. The lowest BCUT2D eigenvalue weighted by Gasteiger charge is -2.37. The smallest absolute Gasteiger partial charge is 0.248 e. The number of methoxy groups -OCH3 is 1. The average molecular weight is 396 g/mol. The Morgan fingerprint density at radius 3 is 2.85 bits per heavy atom. The molecule has 27 heavy (non-hydrogen) atoms. The normalized spacial score (nSPS) is 22.7. The first-order valence-electron chi connectivity index (χ1n) is 9.63. The third-order valence-electron chi connectivity index (χ3n) is 5.58. The predicted octanol–water partition coefficient (Wildman–Crippen LogP) is 6.49. The quantitative estimate of drug-likeness (QED) is 0.489. The molecule has 1 fully saturated rings. The molecule has 2 aromatic rings. The van der Waals surface area contributed by atoms with E-state index in [0.717, 1.165) is 41.1 Å². The molecule has 0 bridgehead atoms. The van der Waals surface area contributed by atoms with Crippen molar-refractivity contribution in [2.24, 2.45) is 5.41 Å². The zero-order valence-corrected chi connectivity index (χ0v) is 16.9. The van der Waals surface area contributed by atoms with E-state index in [-0.39, 0.29) is 18.3 Å². The monoisotopic (exact) mass is 395 g/mol. The number of halogens is 3. The number of fused-ring (bicyclic) bond motifs is 1. The molecule has 2 nitrogen and oxygen atoms in total. The third-order valence-corrected chi connectivity index (χ3v) is 5.89. The first-order chi connectivity index (χ1) is 12.8. The summed E-state index contributed by atoms with van der Waals surface area (Å²) < 4.78 is 34.8. The molecule has 0 amide bonds. The van der Waals surface area contributed by atoms with Crippen molar-refractivity contribution in [3.63, 3.8) is 0 Å².